The first kappa shape index (κ1) is 15.1. The lowest BCUT2D eigenvalue weighted by molar-refractivity contribution is -0.414. The number of amidine groups is 1. The van der Waals surface area contributed by atoms with Crippen molar-refractivity contribution in [1.29, 1.82) is 5.26 Å². The van der Waals surface area contributed by atoms with Crippen molar-refractivity contribution in [3.8, 4) is 6.19 Å². The number of nitrogens with one attached hydrogen (secondary N) is 1. The van der Waals surface area contributed by atoms with Crippen LogP contribution in [0.25, 0.3) is 0 Å². The molecule has 1 aromatic rings. The fourth-order valence-electron chi connectivity index (χ4n) is 2.15. The van der Waals surface area contributed by atoms with Gasteiger partial charge in [-0.2, -0.15) is 5.26 Å². The summed E-state index contributed by atoms with van der Waals surface area (Å²) >= 11 is 1.46. The second-order valence-corrected chi connectivity index (χ2v) is 5.14. The number of anilines is 1. The van der Waals surface area contributed by atoms with Crippen LogP contribution in [0.3, 0.4) is 0 Å². The number of aromatic nitrogens is 1. The maximum absolute atomic E-state index is 10.6. The number of pyridine rings is 1. The predicted octanol–water partition coefficient (Wildman–Crippen LogP) is 0.731. The number of H-pyrrole nitrogens is 1. The molecule has 110 valence electrons. The van der Waals surface area contributed by atoms with Crippen LogP contribution in [0.1, 0.15) is 0 Å². The van der Waals surface area contributed by atoms with Crippen molar-refractivity contribution in [3.05, 3.63) is 28.4 Å². The molecule has 0 radical (unpaired) electrons. The number of nitrogens with zero attached hydrogens (tertiary/aromatic N) is 5. The van der Waals surface area contributed by atoms with Crippen molar-refractivity contribution in [2.24, 2.45) is 4.99 Å². The van der Waals surface area contributed by atoms with Gasteiger partial charge in [-0.3, -0.25) is 15.0 Å². The molecule has 2 heterocycles. The maximum Gasteiger partial charge on any atom is 0.308 e. The lowest BCUT2D eigenvalue weighted by Crippen LogP contribution is -2.49. The molecule has 0 bridgehead atoms. The number of piperazine rings is 1. The molecule has 0 amide bonds. The Kier molecular flexibility index (Phi) is 4.94. The topological polar surface area (TPSA) is 99.9 Å². The Bertz CT molecular complexity index is 574. The van der Waals surface area contributed by atoms with E-state index in [1.807, 2.05) is 12.4 Å². The molecule has 1 aliphatic heterocycles. The summed E-state index contributed by atoms with van der Waals surface area (Å²) in [7, 11) is 0. The van der Waals surface area contributed by atoms with E-state index in [0.29, 0.717) is 0 Å². The standard InChI is InChI=1S/C12H14N6O2S/c1-21-12(15-9-13)17-6-4-16(5-7-17)11-3-2-10(8-14-11)18(19)20/h2-3,8H,4-7H2,1H3/p+1. The van der Waals surface area contributed by atoms with E-state index in [1.54, 1.807) is 6.07 Å². The van der Waals surface area contributed by atoms with Gasteiger partial charge in [-0.25, -0.2) is 4.98 Å². The third-order valence-corrected chi connectivity index (χ3v) is 3.92. The summed E-state index contributed by atoms with van der Waals surface area (Å²) in [5, 5.41) is 20.0. The van der Waals surface area contributed by atoms with Crippen molar-refractivity contribution >= 4 is 28.4 Å². The molecular formula is C12H15N6O2S+. The van der Waals surface area contributed by atoms with Crippen molar-refractivity contribution < 1.29 is 9.91 Å². The Balaban J connectivity index is 1.99. The first-order valence-corrected chi connectivity index (χ1v) is 7.55. The number of thioether (sulfide) groups is 1. The van der Waals surface area contributed by atoms with Crippen LogP contribution in [0.4, 0.5) is 11.5 Å². The first-order valence-electron chi connectivity index (χ1n) is 6.32. The van der Waals surface area contributed by atoms with Crippen molar-refractivity contribution in [2.75, 3.05) is 37.3 Å². The molecule has 0 aliphatic carbocycles. The SMILES string of the molecule is CSC(=NC#N)N1CCN(c2ccc([N+](=O)[O-])c[nH+]2)CC1. The molecule has 1 saturated heterocycles. The van der Waals surface area contributed by atoms with Crippen LogP contribution in [-0.4, -0.2) is 47.4 Å². The van der Waals surface area contributed by atoms with Gasteiger partial charge in [0.2, 0.25) is 6.19 Å². The van der Waals surface area contributed by atoms with E-state index < -0.39 is 4.92 Å². The van der Waals surface area contributed by atoms with Gasteiger partial charge in [0.25, 0.3) is 5.82 Å². The minimum Gasteiger partial charge on any atom is -0.343 e. The summed E-state index contributed by atoms with van der Waals surface area (Å²) in [4.78, 5) is 21.1. The number of hydrogen-bond acceptors (Lipinski definition) is 6. The van der Waals surface area contributed by atoms with E-state index in [9.17, 15) is 10.1 Å². The van der Waals surface area contributed by atoms with E-state index in [-0.39, 0.29) is 5.69 Å². The number of nitriles is 1. The Labute approximate surface area is 126 Å². The largest absolute Gasteiger partial charge is 0.343 e. The number of aromatic amines is 1. The van der Waals surface area contributed by atoms with E-state index >= 15 is 0 Å². The molecular weight excluding hydrogens is 292 g/mol. The van der Waals surface area contributed by atoms with Crippen LogP contribution in [-0.2, 0) is 0 Å². The van der Waals surface area contributed by atoms with E-state index in [0.717, 1.165) is 37.2 Å². The van der Waals surface area contributed by atoms with Gasteiger partial charge in [0.1, 0.15) is 13.1 Å². The van der Waals surface area contributed by atoms with Crippen LogP contribution in [0.15, 0.2) is 23.3 Å². The van der Waals surface area contributed by atoms with Gasteiger partial charge in [-0.1, -0.05) is 11.8 Å². The molecule has 1 aliphatic rings. The van der Waals surface area contributed by atoms with E-state index in [2.05, 4.69) is 19.8 Å². The van der Waals surface area contributed by atoms with Crippen LogP contribution < -0.4 is 9.88 Å². The number of hydrogen-bond donors (Lipinski definition) is 0. The summed E-state index contributed by atoms with van der Waals surface area (Å²) in [6.07, 6.45) is 5.11. The maximum atomic E-state index is 10.6. The second kappa shape index (κ2) is 6.90. The Morgan fingerprint density at radius 3 is 2.67 bits per heavy atom. The number of nitro groups is 1. The van der Waals surface area contributed by atoms with Gasteiger partial charge in [-0.15, -0.1) is 4.99 Å². The fourth-order valence-corrected chi connectivity index (χ4v) is 2.72. The third-order valence-electron chi connectivity index (χ3n) is 3.21. The number of rotatable bonds is 2. The minimum atomic E-state index is -0.429. The monoisotopic (exact) mass is 307 g/mol. The van der Waals surface area contributed by atoms with Crippen molar-refractivity contribution in [3.63, 3.8) is 0 Å². The van der Waals surface area contributed by atoms with Gasteiger partial charge in [0, 0.05) is 12.1 Å². The molecule has 1 aromatic heterocycles. The Hall–Kier alpha value is -2.34. The van der Waals surface area contributed by atoms with Crippen LogP contribution in [0.2, 0.25) is 0 Å². The summed E-state index contributed by atoms with van der Waals surface area (Å²) in [5.74, 6) is 0.850. The zero-order valence-corrected chi connectivity index (χ0v) is 12.3. The highest BCUT2D eigenvalue weighted by Crippen LogP contribution is 2.16. The number of aliphatic imine (C=N–C) groups is 1. The Morgan fingerprint density at radius 2 is 2.19 bits per heavy atom. The quantitative estimate of drug-likeness (QED) is 0.262. The summed E-state index contributed by atoms with van der Waals surface area (Å²) in [6.45, 7) is 3.04. The van der Waals surface area contributed by atoms with Crippen LogP contribution in [0, 0.1) is 21.6 Å². The lowest BCUT2D eigenvalue weighted by atomic mass is 10.3. The molecule has 1 fully saturated rings. The highest BCUT2D eigenvalue weighted by atomic mass is 32.2. The first-order chi connectivity index (χ1) is 10.2. The smallest absolute Gasteiger partial charge is 0.308 e. The minimum absolute atomic E-state index is 0.0446. The summed E-state index contributed by atoms with van der Waals surface area (Å²) < 4.78 is 0. The van der Waals surface area contributed by atoms with Crippen molar-refractivity contribution in [2.45, 2.75) is 0 Å². The van der Waals surface area contributed by atoms with Gasteiger partial charge in [0.05, 0.1) is 18.0 Å². The molecule has 9 heteroatoms. The average molecular weight is 307 g/mol. The molecule has 0 unspecified atom stereocenters. The van der Waals surface area contributed by atoms with Crippen LogP contribution >= 0.6 is 11.8 Å². The predicted molar refractivity (Wildman–Crippen MR) is 80.0 cm³/mol. The van der Waals surface area contributed by atoms with Gasteiger partial charge >= 0.3 is 5.69 Å². The summed E-state index contributed by atoms with van der Waals surface area (Å²) in [5.41, 5.74) is 0.0446. The van der Waals surface area contributed by atoms with Crippen molar-refractivity contribution in [1.82, 2.24) is 4.90 Å². The fraction of sp³-hybridized carbons (Fsp3) is 0.417. The second-order valence-electron chi connectivity index (χ2n) is 4.36. The highest BCUT2D eigenvalue weighted by Gasteiger charge is 2.25. The zero-order chi connectivity index (χ0) is 15.2. The average Bonchev–Trinajstić information content (AvgIpc) is 2.53. The van der Waals surface area contributed by atoms with Gasteiger partial charge < -0.3 is 4.90 Å². The lowest BCUT2D eigenvalue weighted by Gasteiger charge is -2.31. The molecule has 8 nitrogen and oxygen atoms in total. The molecule has 21 heavy (non-hydrogen) atoms. The molecule has 0 aromatic carbocycles. The van der Waals surface area contributed by atoms with E-state index in [1.165, 1.54) is 24.0 Å². The zero-order valence-electron chi connectivity index (χ0n) is 11.5. The highest BCUT2D eigenvalue weighted by molar-refractivity contribution is 8.13. The molecule has 0 spiro atoms. The van der Waals surface area contributed by atoms with Crippen LogP contribution in [0.5, 0.6) is 0 Å². The molecule has 0 saturated carbocycles. The normalized spacial score (nSPS) is 15.7. The Morgan fingerprint density at radius 1 is 1.48 bits per heavy atom. The third kappa shape index (κ3) is 3.61. The molecule has 0 atom stereocenters. The summed E-state index contributed by atoms with van der Waals surface area (Å²) in [6, 6.07) is 3.20. The molecule has 1 N–H and O–H groups in total. The van der Waals surface area contributed by atoms with E-state index in [4.69, 9.17) is 5.26 Å². The molecule has 2 rings (SSSR count). The van der Waals surface area contributed by atoms with Gasteiger partial charge in [-0.05, 0) is 6.26 Å². The van der Waals surface area contributed by atoms with Gasteiger partial charge in [0.15, 0.2) is 11.4 Å².